The zero-order chi connectivity index (χ0) is 20.2. The highest BCUT2D eigenvalue weighted by Gasteiger charge is 2.56. The van der Waals surface area contributed by atoms with Crippen LogP contribution in [-0.2, 0) is 4.79 Å². The van der Waals surface area contributed by atoms with Gasteiger partial charge in [0, 0.05) is 29.3 Å². The van der Waals surface area contributed by atoms with Crippen LogP contribution >= 0.6 is 0 Å². The van der Waals surface area contributed by atoms with Gasteiger partial charge in [-0.15, -0.1) is 0 Å². The maximum absolute atomic E-state index is 13.8. The number of benzene rings is 1. The molecule has 3 atom stereocenters. The van der Waals surface area contributed by atoms with Gasteiger partial charge in [-0.05, 0) is 25.8 Å². The topological polar surface area (TPSA) is 82.3 Å². The summed E-state index contributed by atoms with van der Waals surface area (Å²) >= 11 is 0. The Morgan fingerprint density at radius 1 is 1.41 bits per heavy atom. The van der Waals surface area contributed by atoms with Crippen molar-refractivity contribution in [3.8, 4) is 11.8 Å². The van der Waals surface area contributed by atoms with Crippen LogP contribution in [0.4, 0.5) is 4.39 Å². The van der Waals surface area contributed by atoms with Gasteiger partial charge >= 0.3 is 5.97 Å². The molecule has 1 heterocycles. The maximum Gasteiger partial charge on any atom is 0.312 e. The van der Waals surface area contributed by atoms with Crippen LogP contribution in [0.15, 0.2) is 29.5 Å². The summed E-state index contributed by atoms with van der Waals surface area (Å²) in [7, 11) is 1.42. The van der Waals surface area contributed by atoms with Crippen LogP contribution in [0.1, 0.15) is 57.9 Å². The minimum absolute atomic E-state index is 0.263. The Hall–Kier alpha value is -2.55. The number of nitriles is 1. The van der Waals surface area contributed by atoms with E-state index in [0.717, 1.165) is 6.42 Å². The van der Waals surface area contributed by atoms with E-state index in [-0.39, 0.29) is 11.8 Å². The highest BCUT2D eigenvalue weighted by Crippen LogP contribution is 2.53. The van der Waals surface area contributed by atoms with E-state index in [1.165, 1.54) is 19.2 Å². The summed E-state index contributed by atoms with van der Waals surface area (Å²) < 4.78 is 19.1. The molecule has 0 aromatic heterocycles. The van der Waals surface area contributed by atoms with Crippen molar-refractivity contribution >= 4 is 5.97 Å². The molecule has 0 fully saturated rings. The molecule has 0 amide bonds. The van der Waals surface area contributed by atoms with E-state index in [1.807, 2.05) is 13.8 Å². The number of rotatable bonds is 7. The van der Waals surface area contributed by atoms with Gasteiger partial charge in [-0.25, -0.2) is 4.39 Å². The van der Waals surface area contributed by atoms with Crippen molar-refractivity contribution in [2.75, 3.05) is 7.11 Å². The fourth-order valence-corrected chi connectivity index (χ4v) is 4.38. The molecule has 0 spiro atoms. The van der Waals surface area contributed by atoms with Crippen LogP contribution in [0.2, 0.25) is 0 Å². The second-order valence-corrected chi connectivity index (χ2v) is 7.05. The number of carboxylic acids is 1. The van der Waals surface area contributed by atoms with Crippen LogP contribution in [0.5, 0.6) is 5.75 Å². The highest BCUT2D eigenvalue weighted by atomic mass is 19.1. The number of allylic oxidation sites excluding steroid dienone is 2. The second-order valence-electron chi connectivity index (χ2n) is 7.05. The van der Waals surface area contributed by atoms with E-state index in [2.05, 4.69) is 11.4 Å². The molecule has 1 aromatic rings. The molecule has 1 aliphatic heterocycles. The van der Waals surface area contributed by atoms with E-state index in [9.17, 15) is 19.6 Å². The van der Waals surface area contributed by atoms with Crippen LogP contribution < -0.4 is 10.1 Å². The van der Waals surface area contributed by atoms with Crippen molar-refractivity contribution in [1.29, 1.82) is 5.26 Å². The summed E-state index contributed by atoms with van der Waals surface area (Å²) in [5.74, 6) is -1.87. The summed E-state index contributed by atoms with van der Waals surface area (Å²) in [6.45, 7) is 5.73. The average molecular weight is 374 g/mol. The van der Waals surface area contributed by atoms with Gasteiger partial charge < -0.3 is 15.2 Å². The monoisotopic (exact) mass is 374 g/mol. The SMILES string of the molecule is CCCC1NC(C)=C(C#N)C(c2ccc(F)cc2OC)C1(CCC)C(=O)O. The smallest absolute Gasteiger partial charge is 0.312 e. The van der Waals surface area contributed by atoms with Crippen LogP contribution in [0, 0.1) is 22.6 Å². The standard InChI is InChI=1S/C21H27FN2O3/c1-5-7-18-21(10-6-2,20(25)26)19(16(12-23)13(3)24-18)15-9-8-14(22)11-17(15)27-4/h8-9,11,18-19,24H,5-7,10H2,1-4H3,(H,25,26). The van der Waals surface area contributed by atoms with Gasteiger partial charge in [0.25, 0.3) is 0 Å². The summed E-state index contributed by atoms with van der Waals surface area (Å²) in [5.41, 5.74) is 0.345. The van der Waals surface area contributed by atoms with Gasteiger partial charge in [-0.2, -0.15) is 5.26 Å². The fourth-order valence-electron chi connectivity index (χ4n) is 4.38. The Morgan fingerprint density at radius 2 is 2.11 bits per heavy atom. The number of hydrogen-bond donors (Lipinski definition) is 2. The predicted octanol–water partition coefficient (Wildman–Crippen LogP) is 4.36. The first kappa shape index (κ1) is 20.8. The number of carbonyl (C=O) groups is 1. The normalized spacial score (nSPS) is 24.9. The quantitative estimate of drug-likeness (QED) is 0.741. The van der Waals surface area contributed by atoms with Crippen molar-refractivity contribution in [3.63, 3.8) is 0 Å². The molecule has 2 rings (SSSR count). The summed E-state index contributed by atoms with van der Waals surface area (Å²) in [4.78, 5) is 12.7. The fraction of sp³-hybridized carbons (Fsp3) is 0.524. The molecule has 0 bridgehead atoms. The van der Waals surface area contributed by atoms with E-state index in [0.29, 0.717) is 36.1 Å². The molecule has 0 saturated carbocycles. The van der Waals surface area contributed by atoms with Crippen molar-refractivity contribution < 1.29 is 19.0 Å². The van der Waals surface area contributed by atoms with Gasteiger partial charge in [-0.3, -0.25) is 4.79 Å². The first-order valence-corrected chi connectivity index (χ1v) is 9.31. The summed E-state index contributed by atoms with van der Waals surface area (Å²) in [5, 5.41) is 23.5. The van der Waals surface area contributed by atoms with Crippen LogP contribution in [0.25, 0.3) is 0 Å². The third-order valence-electron chi connectivity index (χ3n) is 5.49. The maximum atomic E-state index is 13.8. The lowest BCUT2D eigenvalue weighted by Gasteiger charge is -2.48. The molecule has 0 radical (unpaired) electrons. The molecule has 1 aliphatic rings. The molecule has 0 saturated heterocycles. The molecule has 3 unspecified atom stereocenters. The average Bonchev–Trinajstić information content (AvgIpc) is 2.63. The zero-order valence-electron chi connectivity index (χ0n) is 16.3. The largest absolute Gasteiger partial charge is 0.496 e. The second kappa shape index (κ2) is 8.43. The Balaban J connectivity index is 2.85. The first-order chi connectivity index (χ1) is 12.9. The van der Waals surface area contributed by atoms with E-state index in [1.54, 1.807) is 13.0 Å². The number of nitrogens with one attached hydrogen (secondary N) is 1. The third kappa shape index (κ3) is 3.51. The molecule has 6 heteroatoms. The van der Waals surface area contributed by atoms with Crippen LogP contribution in [-0.4, -0.2) is 24.2 Å². The first-order valence-electron chi connectivity index (χ1n) is 9.31. The van der Waals surface area contributed by atoms with Crippen molar-refractivity contribution in [2.45, 2.75) is 58.4 Å². The lowest BCUT2D eigenvalue weighted by molar-refractivity contribution is -0.153. The van der Waals surface area contributed by atoms with E-state index < -0.39 is 23.1 Å². The molecule has 1 aromatic carbocycles. The molecular weight excluding hydrogens is 347 g/mol. The number of ether oxygens (including phenoxy) is 1. The summed E-state index contributed by atoms with van der Waals surface area (Å²) in [6, 6.07) is 5.95. The van der Waals surface area contributed by atoms with Crippen molar-refractivity contribution in [3.05, 3.63) is 40.8 Å². The molecule has 27 heavy (non-hydrogen) atoms. The van der Waals surface area contributed by atoms with Gasteiger partial charge in [0.2, 0.25) is 0 Å². The van der Waals surface area contributed by atoms with Gasteiger partial charge in [-0.1, -0.05) is 32.8 Å². The lowest BCUT2D eigenvalue weighted by Crippen LogP contribution is -2.56. The third-order valence-corrected chi connectivity index (χ3v) is 5.49. The lowest BCUT2D eigenvalue weighted by atomic mass is 9.59. The molecule has 2 N–H and O–H groups in total. The number of carboxylic acid groups (broad SMARTS) is 1. The number of halogens is 1. The Bertz CT molecular complexity index is 784. The summed E-state index contributed by atoms with van der Waals surface area (Å²) in [6.07, 6.45) is 2.50. The van der Waals surface area contributed by atoms with Gasteiger partial charge in [0.1, 0.15) is 11.6 Å². The van der Waals surface area contributed by atoms with Crippen LogP contribution in [0.3, 0.4) is 0 Å². The van der Waals surface area contributed by atoms with E-state index in [4.69, 9.17) is 4.74 Å². The molecule has 146 valence electrons. The molecule has 0 aliphatic carbocycles. The minimum atomic E-state index is -1.22. The zero-order valence-corrected chi connectivity index (χ0v) is 16.3. The Kier molecular flexibility index (Phi) is 6.48. The Morgan fingerprint density at radius 3 is 2.63 bits per heavy atom. The van der Waals surface area contributed by atoms with Crippen molar-refractivity contribution in [1.82, 2.24) is 5.32 Å². The van der Waals surface area contributed by atoms with Gasteiger partial charge in [0.15, 0.2) is 0 Å². The Labute approximate surface area is 159 Å². The predicted molar refractivity (Wildman–Crippen MR) is 101 cm³/mol. The van der Waals surface area contributed by atoms with Gasteiger partial charge in [0.05, 0.1) is 24.2 Å². The minimum Gasteiger partial charge on any atom is -0.496 e. The number of aliphatic carboxylic acids is 1. The van der Waals surface area contributed by atoms with Crippen molar-refractivity contribution in [2.24, 2.45) is 5.41 Å². The number of methoxy groups -OCH3 is 1. The molecule has 5 nitrogen and oxygen atoms in total. The van der Waals surface area contributed by atoms with E-state index >= 15 is 0 Å². The highest BCUT2D eigenvalue weighted by molar-refractivity contribution is 5.80. The number of nitrogens with zero attached hydrogens (tertiary/aromatic N) is 1. The molecular formula is C21H27FN2O3. The number of hydrogen-bond acceptors (Lipinski definition) is 4.